The van der Waals surface area contributed by atoms with Gasteiger partial charge >= 0.3 is 5.97 Å². The molecule has 0 aliphatic heterocycles. The third-order valence-corrected chi connectivity index (χ3v) is 2.75. The molecule has 0 aromatic carbocycles. The summed E-state index contributed by atoms with van der Waals surface area (Å²) in [5.41, 5.74) is 5.45. The fourth-order valence-electron chi connectivity index (χ4n) is 1.79. The summed E-state index contributed by atoms with van der Waals surface area (Å²) in [5.74, 6) is -0.992. The molecule has 3 N–H and O–H groups in total. The van der Waals surface area contributed by atoms with Crippen LogP contribution in [0.3, 0.4) is 0 Å². The molecule has 1 rings (SSSR count). The Morgan fingerprint density at radius 3 is 2.50 bits per heavy atom. The van der Waals surface area contributed by atoms with Gasteiger partial charge in [0.1, 0.15) is 6.04 Å². The molecule has 0 bridgehead atoms. The minimum atomic E-state index is -0.992. The Kier molecular flexibility index (Phi) is 4.35. The topological polar surface area (TPSA) is 72.5 Å². The van der Waals surface area contributed by atoms with Crippen LogP contribution in [0.5, 0.6) is 0 Å². The first-order valence-corrected chi connectivity index (χ1v) is 5.25. The van der Waals surface area contributed by atoms with Gasteiger partial charge in [-0.25, -0.2) is 0 Å². The highest BCUT2D eigenvalue weighted by atomic mass is 16.5. The number of rotatable bonds is 4. The first kappa shape index (κ1) is 11.5. The van der Waals surface area contributed by atoms with E-state index in [2.05, 4.69) is 0 Å². The predicted molar refractivity (Wildman–Crippen MR) is 53.0 cm³/mol. The molecule has 0 aromatic heterocycles. The summed E-state index contributed by atoms with van der Waals surface area (Å²) in [6.45, 7) is 1.73. The maximum atomic E-state index is 10.6. The SMILES string of the molecule is CC(OC1CCCCC1)C(N)C(=O)O. The smallest absolute Gasteiger partial charge is 0.323 e. The van der Waals surface area contributed by atoms with Gasteiger partial charge in [-0.15, -0.1) is 0 Å². The summed E-state index contributed by atoms with van der Waals surface area (Å²) in [7, 11) is 0. The van der Waals surface area contributed by atoms with Crippen molar-refractivity contribution in [3.63, 3.8) is 0 Å². The van der Waals surface area contributed by atoms with Crippen LogP contribution in [0.2, 0.25) is 0 Å². The summed E-state index contributed by atoms with van der Waals surface area (Å²) in [4.78, 5) is 10.6. The fraction of sp³-hybridized carbons (Fsp3) is 0.900. The molecule has 4 nitrogen and oxygen atoms in total. The zero-order chi connectivity index (χ0) is 10.6. The number of hydrogen-bond donors (Lipinski definition) is 2. The first-order chi connectivity index (χ1) is 6.61. The van der Waals surface area contributed by atoms with E-state index in [1.54, 1.807) is 6.92 Å². The summed E-state index contributed by atoms with van der Waals surface area (Å²) in [5, 5.41) is 8.68. The molecule has 0 radical (unpaired) electrons. The molecule has 4 heteroatoms. The van der Waals surface area contributed by atoms with Crippen LogP contribution in [0.1, 0.15) is 39.0 Å². The minimum Gasteiger partial charge on any atom is -0.480 e. The number of carbonyl (C=O) groups is 1. The maximum Gasteiger partial charge on any atom is 0.323 e. The van der Waals surface area contributed by atoms with Gasteiger partial charge < -0.3 is 15.6 Å². The van der Waals surface area contributed by atoms with Crippen molar-refractivity contribution in [1.29, 1.82) is 0 Å². The molecule has 14 heavy (non-hydrogen) atoms. The van der Waals surface area contributed by atoms with Crippen LogP contribution in [0.25, 0.3) is 0 Å². The van der Waals surface area contributed by atoms with E-state index in [1.165, 1.54) is 19.3 Å². The van der Waals surface area contributed by atoms with E-state index in [0.29, 0.717) is 0 Å². The molecule has 82 valence electrons. The van der Waals surface area contributed by atoms with Crippen LogP contribution in [0.15, 0.2) is 0 Å². The highest BCUT2D eigenvalue weighted by molar-refractivity contribution is 5.73. The first-order valence-electron chi connectivity index (χ1n) is 5.25. The number of ether oxygens (including phenoxy) is 1. The Morgan fingerprint density at radius 2 is 2.00 bits per heavy atom. The fourth-order valence-corrected chi connectivity index (χ4v) is 1.79. The van der Waals surface area contributed by atoms with Crippen LogP contribution < -0.4 is 5.73 Å². The zero-order valence-electron chi connectivity index (χ0n) is 8.61. The van der Waals surface area contributed by atoms with E-state index in [-0.39, 0.29) is 6.10 Å². The lowest BCUT2D eigenvalue weighted by Crippen LogP contribution is -2.43. The summed E-state index contributed by atoms with van der Waals surface area (Å²) >= 11 is 0. The lowest BCUT2D eigenvalue weighted by molar-refractivity contribution is -0.143. The average Bonchev–Trinajstić information content (AvgIpc) is 2.18. The van der Waals surface area contributed by atoms with E-state index < -0.39 is 18.1 Å². The van der Waals surface area contributed by atoms with Crippen molar-refractivity contribution in [1.82, 2.24) is 0 Å². The van der Waals surface area contributed by atoms with Crippen LogP contribution in [0, 0.1) is 0 Å². The van der Waals surface area contributed by atoms with Crippen LogP contribution >= 0.6 is 0 Å². The van der Waals surface area contributed by atoms with Gasteiger partial charge in [-0.3, -0.25) is 4.79 Å². The monoisotopic (exact) mass is 201 g/mol. The van der Waals surface area contributed by atoms with Gasteiger partial charge in [0.2, 0.25) is 0 Å². The number of hydrogen-bond acceptors (Lipinski definition) is 3. The van der Waals surface area contributed by atoms with Crippen molar-refractivity contribution in [3.8, 4) is 0 Å². The highest BCUT2D eigenvalue weighted by Gasteiger charge is 2.24. The minimum absolute atomic E-state index is 0.212. The molecule has 0 aromatic rings. The molecule has 0 saturated heterocycles. The van der Waals surface area contributed by atoms with Gasteiger partial charge in [0.25, 0.3) is 0 Å². The predicted octanol–water partition coefficient (Wildman–Crippen LogP) is 1.14. The Hall–Kier alpha value is -0.610. The second-order valence-corrected chi connectivity index (χ2v) is 3.97. The van der Waals surface area contributed by atoms with Gasteiger partial charge in [0, 0.05) is 0 Å². The van der Waals surface area contributed by atoms with E-state index in [0.717, 1.165) is 12.8 Å². The Morgan fingerprint density at radius 1 is 1.43 bits per heavy atom. The van der Waals surface area contributed by atoms with Crippen molar-refractivity contribution in [2.75, 3.05) is 0 Å². The molecule has 1 aliphatic rings. The number of nitrogens with two attached hydrogens (primary N) is 1. The van der Waals surface area contributed by atoms with Gasteiger partial charge in [-0.1, -0.05) is 19.3 Å². The third-order valence-electron chi connectivity index (χ3n) is 2.75. The standard InChI is InChI=1S/C10H19NO3/c1-7(9(11)10(12)13)14-8-5-3-2-4-6-8/h7-9H,2-6,11H2,1H3,(H,12,13). The van der Waals surface area contributed by atoms with Crippen LogP contribution in [-0.4, -0.2) is 29.3 Å². The Labute approximate surface area is 84.4 Å². The van der Waals surface area contributed by atoms with E-state index in [9.17, 15) is 4.79 Å². The van der Waals surface area contributed by atoms with Crippen molar-refractivity contribution in [3.05, 3.63) is 0 Å². The maximum absolute atomic E-state index is 10.6. The number of carboxylic acids is 1. The van der Waals surface area contributed by atoms with Crippen molar-refractivity contribution < 1.29 is 14.6 Å². The highest BCUT2D eigenvalue weighted by Crippen LogP contribution is 2.21. The van der Waals surface area contributed by atoms with E-state index in [1.807, 2.05) is 0 Å². The van der Waals surface area contributed by atoms with Crippen LogP contribution in [-0.2, 0) is 9.53 Å². The Bertz CT molecular complexity index is 190. The molecular weight excluding hydrogens is 182 g/mol. The lowest BCUT2D eigenvalue weighted by Gasteiger charge is -2.27. The second-order valence-electron chi connectivity index (χ2n) is 3.97. The lowest BCUT2D eigenvalue weighted by atomic mass is 9.97. The number of aliphatic carboxylic acids is 1. The zero-order valence-corrected chi connectivity index (χ0v) is 8.61. The Balaban J connectivity index is 2.31. The van der Waals surface area contributed by atoms with Crippen molar-refractivity contribution in [2.45, 2.75) is 57.3 Å². The van der Waals surface area contributed by atoms with E-state index in [4.69, 9.17) is 15.6 Å². The summed E-state index contributed by atoms with van der Waals surface area (Å²) < 4.78 is 5.61. The van der Waals surface area contributed by atoms with Crippen molar-refractivity contribution >= 4 is 5.97 Å². The van der Waals surface area contributed by atoms with Gasteiger partial charge in [0.05, 0.1) is 12.2 Å². The third kappa shape index (κ3) is 3.27. The van der Waals surface area contributed by atoms with Crippen LogP contribution in [0.4, 0.5) is 0 Å². The molecule has 1 fully saturated rings. The molecule has 0 spiro atoms. The molecule has 0 amide bonds. The molecule has 0 heterocycles. The van der Waals surface area contributed by atoms with Crippen molar-refractivity contribution in [2.24, 2.45) is 5.73 Å². The van der Waals surface area contributed by atoms with E-state index >= 15 is 0 Å². The quantitative estimate of drug-likeness (QED) is 0.715. The molecule has 1 aliphatic carbocycles. The molecule has 2 unspecified atom stereocenters. The van der Waals surface area contributed by atoms with Gasteiger partial charge in [-0.2, -0.15) is 0 Å². The summed E-state index contributed by atoms with van der Waals surface area (Å²) in [6, 6.07) is -0.906. The molecule has 2 atom stereocenters. The average molecular weight is 201 g/mol. The normalized spacial score (nSPS) is 23.0. The van der Waals surface area contributed by atoms with Gasteiger partial charge in [-0.05, 0) is 19.8 Å². The molecular formula is C10H19NO3. The largest absolute Gasteiger partial charge is 0.480 e. The van der Waals surface area contributed by atoms with Gasteiger partial charge in [0.15, 0.2) is 0 Å². The molecule has 1 saturated carbocycles. The number of carboxylic acid groups (broad SMARTS) is 1. The second kappa shape index (κ2) is 5.32. The summed E-state index contributed by atoms with van der Waals surface area (Å²) in [6.07, 6.45) is 5.52.